The van der Waals surface area contributed by atoms with Crippen LogP contribution in [0.4, 0.5) is 0 Å². The van der Waals surface area contributed by atoms with Gasteiger partial charge in [-0.25, -0.2) is 8.42 Å². The van der Waals surface area contributed by atoms with Crippen LogP contribution in [-0.2, 0) is 14.8 Å². The lowest BCUT2D eigenvalue weighted by Crippen LogP contribution is -2.44. The van der Waals surface area contributed by atoms with Gasteiger partial charge in [-0.05, 0) is 18.8 Å². The maximum absolute atomic E-state index is 12.6. The van der Waals surface area contributed by atoms with Crippen LogP contribution >= 0.6 is 0 Å². The number of aryl methyl sites for hydroxylation is 1. The number of nitrogens with zero attached hydrogens (tertiary/aromatic N) is 3. The van der Waals surface area contributed by atoms with Crippen molar-refractivity contribution in [3.63, 3.8) is 0 Å². The van der Waals surface area contributed by atoms with Gasteiger partial charge in [0.1, 0.15) is 6.10 Å². The Labute approximate surface area is 131 Å². The molecular weight excluding hydrogens is 306 g/mol. The molecule has 1 atom stereocenters. The number of ether oxygens (including phenoxy) is 1. The van der Waals surface area contributed by atoms with Crippen molar-refractivity contribution < 1.29 is 17.6 Å². The molecule has 2 fully saturated rings. The summed E-state index contributed by atoms with van der Waals surface area (Å²) in [6, 6.07) is 0. The topological polar surface area (TPSA) is 85.5 Å². The summed E-state index contributed by atoms with van der Waals surface area (Å²) in [6.45, 7) is 2.72. The van der Waals surface area contributed by atoms with Crippen molar-refractivity contribution >= 4 is 10.0 Å². The molecule has 1 aliphatic heterocycles. The van der Waals surface area contributed by atoms with Gasteiger partial charge in [0.2, 0.25) is 21.8 Å². The molecule has 124 valence electrons. The minimum atomic E-state index is -3.25. The fourth-order valence-corrected chi connectivity index (χ4v) is 5.08. The van der Waals surface area contributed by atoms with Crippen LogP contribution < -0.4 is 0 Å². The Morgan fingerprint density at radius 3 is 2.68 bits per heavy atom. The normalized spacial score (nSPS) is 25.4. The van der Waals surface area contributed by atoms with Crippen molar-refractivity contribution in [1.29, 1.82) is 0 Å². The van der Waals surface area contributed by atoms with E-state index < -0.39 is 16.1 Å². The molecule has 1 aliphatic carbocycles. The summed E-state index contributed by atoms with van der Waals surface area (Å²) in [5.74, 6) is 1.37. The number of hydrogen-bond acceptors (Lipinski definition) is 6. The van der Waals surface area contributed by atoms with Gasteiger partial charge in [0.05, 0.1) is 12.4 Å². The first kappa shape index (κ1) is 15.9. The molecule has 3 rings (SSSR count). The predicted octanol–water partition coefficient (Wildman–Crippen LogP) is 1.66. The Kier molecular flexibility index (Phi) is 4.79. The fraction of sp³-hybridized carbons (Fsp3) is 0.857. The molecule has 1 aromatic heterocycles. The lowest BCUT2D eigenvalue weighted by atomic mass is 9.91. The monoisotopic (exact) mass is 329 g/mol. The van der Waals surface area contributed by atoms with E-state index in [2.05, 4.69) is 10.2 Å². The molecule has 0 bridgehead atoms. The molecule has 0 radical (unpaired) electrons. The molecule has 2 aliphatic rings. The van der Waals surface area contributed by atoms with Gasteiger partial charge in [-0.15, -0.1) is 10.2 Å². The quantitative estimate of drug-likeness (QED) is 0.835. The van der Waals surface area contributed by atoms with E-state index in [0.29, 0.717) is 30.9 Å². The molecular formula is C14H23N3O4S. The highest BCUT2D eigenvalue weighted by atomic mass is 32.2. The third-order valence-electron chi connectivity index (χ3n) is 4.41. The number of aromatic nitrogens is 2. The van der Waals surface area contributed by atoms with Crippen LogP contribution in [0.3, 0.4) is 0 Å². The van der Waals surface area contributed by atoms with Gasteiger partial charge in [0, 0.05) is 20.0 Å². The van der Waals surface area contributed by atoms with E-state index >= 15 is 0 Å². The predicted molar refractivity (Wildman–Crippen MR) is 79.7 cm³/mol. The zero-order valence-corrected chi connectivity index (χ0v) is 13.7. The van der Waals surface area contributed by atoms with Crippen LogP contribution in [0.15, 0.2) is 4.42 Å². The van der Waals surface area contributed by atoms with Crippen molar-refractivity contribution in [2.45, 2.75) is 45.1 Å². The summed E-state index contributed by atoms with van der Waals surface area (Å²) in [5.41, 5.74) is 0. The van der Waals surface area contributed by atoms with Gasteiger partial charge in [-0.3, -0.25) is 0 Å². The first-order chi connectivity index (χ1) is 10.5. The van der Waals surface area contributed by atoms with Crippen molar-refractivity contribution in [1.82, 2.24) is 14.5 Å². The van der Waals surface area contributed by atoms with Gasteiger partial charge < -0.3 is 9.15 Å². The number of morpholine rings is 1. The minimum Gasteiger partial charge on any atom is -0.423 e. The maximum Gasteiger partial charge on any atom is 0.246 e. The Balaban J connectivity index is 1.65. The average molecular weight is 329 g/mol. The van der Waals surface area contributed by atoms with Gasteiger partial charge in [-0.1, -0.05) is 19.3 Å². The van der Waals surface area contributed by atoms with E-state index in [-0.39, 0.29) is 12.3 Å². The molecule has 1 aromatic rings. The SMILES string of the molecule is Cc1nnc(C2CN(S(=O)(=O)CC3CCCCC3)CCO2)o1. The fourth-order valence-electron chi connectivity index (χ4n) is 3.23. The smallest absolute Gasteiger partial charge is 0.246 e. The Morgan fingerprint density at radius 2 is 2.00 bits per heavy atom. The number of sulfonamides is 1. The molecule has 1 saturated heterocycles. The molecule has 7 nitrogen and oxygen atoms in total. The van der Waals surface area contributed by atoms with Crippen LogP contribution in [0.25, 0.3) is 0 Å². The third-order valence-corrected chi connectivity index (χ3v) is 6.42. The Hall–Kier alpha value is -0.990. The summed E-state index contributed by atoms with van der Waals surface area (Å²) in [7, 11) is -3.25. The van der Waals surface area contributed by atoms with Crippen molar-refractivity contribution in [3.05, 3.63) is 11.8 Å². The molecule has 2 heterocycles. The number of rotatable bonds is 4. The third kappa shape index (κ3) is 3.67. The first-order valence-electron chi connectivity index (χ1n) is 7.94. The zero-order chi connectivity index (χ0) is 15.6. The molecule has 1 unspecified atom stereocenters. The van der Waals surface area contributed by atoms with Crippen molar-refractivity contribution in [2.75, 3.05) is 25.4 Å². The molecule has 22 heavy (non-hydrogen) atoms. The van der Waals surface area contributed by atoms with Crippen molar-refractivity contribution in [2.24, 2.45) is 5.92 Å². The first-order valence-corrected chi connectivity index (χ1v) is 9.55. The zero-order valence-electron chi connectivity index (χ0n) is 12.9. The summed E-state index contributed by atoms with van der Waals surface area (Å²) < 4.78 is 37.8. The summed E-state index contributed by atoms with van der Waals surface area (Å²) in [6.07, 6.45) is 5.11. The summed E-state index contributed by atoms with van der Waals surface area (Å²) in [4.78, 5) is 0. The van der Waals surface area contributed by atoms with E-state index in [1.807, 2.05) is 0 Å². The van der Waals surface area contributed by atoms with Gasteiger partial charge in [-0.2, -0.15) is 4.31 Å². The maximum atomic E-state index is 12.6. The standard InChI is InChI=1S/C14H23N3O4S/c1-11-15-16-14(21-11)13-9-17(7-8-20-13)22(18,19)10-12-5-3-2-4-6-12/h12-13H,2-10H2,1H3. The molecule has 1 saturated carbocycles. The van der Waals surface area contributed by atoms with E-state index in [1.54, 1.807) is 6.92 Å². The molecule has 0 N–H and O–H groups in total. The second-order valence-corrected chi connectivity index (χ2v) is 8.17. The van der Waals surface area contributed by atoms with E-state index in [9.17, 15) is 8.42 Å². The largest absolute Gasteiger partial charge is 0.423 e. The van der Waals surface area contributed by atoms with Crippen LogP contribution in [0, 0.1) is 12.8 Å². The van der Waals surface area contributed by atoms with Crippen LogP contribution in [0.2, 0.25) is 0 Å². The molecule has 8 heteroatoms. The second kappa shape index (κ2) is 6.64. The van der Waals surface area contributed by atoms with Crippen LogP contribution in [0.1, 0.15) is 50.0 Å². The molecule has 0 amide bonds. The highest BCUT2D eigenvalue weighted by Gasteiger charge is 2.34. The minimum absolute atomic E-state index is 0.253. The molecule has 0 spiro atoms. The Morgan fingerprint density at radius 1 is 1.23 bits per heavy atom. The van der Waals surface area contributed by atoms with Crippen LogP contribution in [0.5, 0.6) is 0 Å². The summed E-state index contributed by atoms with van der Waals surface area (Å²) in [5, 5.41) is 7.72. The number of hydrogen-bond donors (Lipinski definition) is 0. The second-order valence-electron chi connectivity index (χ2n) is 6.16. The van der Waals surface area contributed by atoms with E-state index in [0.717, 1.165) is 25.7 Å². The lowest BCUT2D eigenvalue weighted by molar-refractivity contribution is -0.0177. The molecule has 0 aromatic carbocycles. The van der Waals surface area contributed by atoms with E-state index in [1.165, 1.54) is 10.7 Å². The van der Waals surface area contributed by atoms with Crippen LogP contribution in [-0.4, -0.2) is 48.4 Å². The lowest BCUT2D eigenvalue weighted by Gasteiger charge is -2.32. The highest BCUT2D eigenvalue weighted by molar-refractivity contribution is 7.89. The van der Waals surface area contributed by atoms with Crippen molar-refractivity contribution in [3.8, 4) is 0 Å². The van der Waals surface area contributed by atoms with Gasteiger partial charge in [0.25, 0.3) is 0 Å². The van der Waals surface area contributed by atoms with Gasteiger partial charge in [0.15, 0.2) is 0 Å². The highest BCUT2D eigenvalue weighted by Crippen LogP contribution is 2.28. The summed E-state index contributed by atoms with van der Waals surface area (Å²) >= 11 is 0. The van der Waals surface area contributed by atoms with Gasteiger partial charge >= 0.3 is 0 Å². The average Bonchev–Trinajstić information content (AvgIpc) is 2.95. The van der Waals surface area contributed by atoms with E-state index in [4.69, 9.17) is 9.15 Å². The Bertz CT molecular complexity index is 595.